The molecule has 1 unspecified atom stereocenters. The van der Waals surface area contributed by atoms with E-state index in [4.69, 9.17) is 0 Å². The predicted molar refractivity (Wildman–Crippen MR) is 85.2 cm³/mol. The van der Waals surface area contributed by atoms with Crippen LogP contribution in [0.4, 0.5) is 13.2 Å². The topological polar surface area (TPSA) is 15.3 Å². The van der Waals surface area contributed by atoms with Gasteiger partial charge >= 0.3 is 6.18 Å². The van der Waals surface area contributed by atoms with E-state index in [-0.39, 0.29) is 6.04 Å². The highest BCUT2D eigenvalue weighted by molar-refractivity contribution is 5.28. The van der Waals surface area contributed by atoms with Crippen LogP contribution in [-0.2, 0) is 6.18 Å². The van der Waals surface area contributed by atoms with Gasteiger partial charge in [0.05, 0.1) is 5.56 Å². The molecule has 0 aromatic heterocycles. The minimum Gasteiger partial charge on any atom is -0.317 e. The van der Waals surface area contributed by atoms with Gasteiger partial charge in [0, 0.05) is 18.6 Å². The molecule has 2 aliphatic rings. The largest absolute Gasteiger partial charge is 0.416 e. The molecule has 0 bridgehead atoms. The lowest BCUT2D eigenvalue weighted by Crippen LogP contribution is -2.38. The van der Waals surface area contributed by atoms with Gasteiger partial charge in [-0.3, -0.25) is 4.90 Å². The average Bonchev–Trinajstić information content (AvgIpc) is 3.37. The third-order valence-electron chi connectivity index (χ3n) is 5.14. The van der Waals surface area contributed by atoms with Crippen LogP contribution in [0.1, 0.15) is 49.8 Å². The molecule has 1 aliphatic carbocycles. The van der Waals surface area contributed by atoms with Crippen LogP contribution in [0.3, 0.4) is 0 Å². The summed E-state index contributed by atoms with van der Waals surface area (Å²) >= 11 is 0. The van der Waals surface area contributed by atoms with Crippen molar-refractivity contribution >= 4 is 0 Å². The molecule has 0 spiro atoms. The molecule has 128 valence electrons. The fourth-order valence-corrected chi connectivity index (χ4v) is 3.56. The van der Waals surface area contributed by atoms with Crippen molar-refractivity contribution in [1.82, 2.24) is 10.2 Å². The van der Waals surface area contributed by atoms with Crippen LogP contribution in [0, 0.1) is 5.92 Å². The molecule has 2 fully saturated rings. The number of alkyl halides is 3. The smallest absolute Gasteiger partial charge is 0.317 e. The second-order valence-electron chi connectivity index (χ2n) is 6.92. The molecule has 23 heavy (non-hydrogen) atoms. The van der Waals surface area contributed by atoms with E-state index in [2.05, 4.69) is 17.1 Å². The SMILES string of the molecule is CC(c1cccc(C(F)(F)F)c1)N(CC1CCNCC1)C1CC1. The zero-order valence-corrected chi connectivity index (χ0v) is 13.6. The lowest BCUT2D eigenvalue weighted by molar-refractivity contribution is -0.137. The number of hydrogen-bond donors (Lipinski definition) is 1. The minimum atomic E-state index is -4.27. The highest BCUT2D eigenvalue weighted by atomic mass is 19.4. The first-order valence-electron chi connectivity index (χ1n) is 8.59. The summed E-state index contributed by atoms with van der Waals surface area (Å²) in [6, 6.07) is 6.43. The van der Waals surface area contributed by atoms with Gasteiger partial charge in [0.15, 0.2) is 0 Å². The van der Waals surface area contributed by atoms with E-state index in [1.54, 1.807) is 0 Å². The van der Waals surface area contributed by atoms with E-state index < -0.39 is 11.7 Å². The maximum atomic E-state index is 13.0. The van der Waals surface area contributed by atoms with E-state index in [0.717, 1.165) is 31.3 Å². The van der Waals surface area contributed by atoms with Crippen molar-refractivity contribution < 1.29 is 13.2 Å². The van der Waals surface area contributed by atoms with Gasteiger partial charge in [-0.15, -0.1) is 0 Å². The second kappa shape index (κ2) is 6.81. The maximum absolute atomic E-state index is 13.0. The molecule has 1 heterocycles. The van der Waals surface area contributed by atoms with Crippen molar-refractivity contribution in [3.63, 3.8) is 0 Å². The number of halogens is 3. The molecule has 0 amide bonds. The van der Waals surface area contributed by atoms with Crippen LogP contribution in [-0.4, -0.2) is 30.6 Å². The Morgan fingerprint density at radius 3 is 2.48 bits per heavy atom. The second-order valence-corrected chi connectivity index (χ2v) is 6.92. The average molecular weight is 326 g/mol. The molecule has 1 N–H and O–H groups in total. The molecule has 1 saturated heterocycles. The summed E-state index contributed by atoms with van der Waals surface area (Å²) in [7, 11) is 0. The van der Waals surface area contributed by atoms with Crippen molar-refractivity contribution in [2.45, 2.75) is 50.9 Å². The van der Waals surface area contributed by atoms with Crippen LogP contribution >= 0.6 is 0 Å². The lowest BCUT2D eigenvalue weighted by Gasteiger charge is -2.34. The van der Waals surface area contributed by atoms with Gasteiger partial charge in [-0.2, -0.15) is 13.2 Å². The quantitative estimate of drug-likeness (QED) is 0.871. The van der Waals surface area contributed by atoms with Gasteiger partial charge < -0.3 is 5.32 Å². The fourth-order valence-electron chi connectivity index (χ4n) is 3.56. The van der Waals surface area contributed by atoms with Gasteiger partial charge in [0.25, 0.3) is 0 Å². The van der Waals surface area contributed by atoms with Crippen molar-refractivity contribution in [1.29, 1.82) is 0 Å². The standard InChI is InChI=1S/C18H25F3N2/c1-13(15-3-2-4-16(11-15)18(19,20)21)23(17-5-6-17)12-14-7-9-22-10-8-14/h2-4,11,13-14,17,22H,5-10,12H2,1H3. The number of benzene rings is 1. The summed E-state index contributed by atoms with van der Waals surface area (Å²) in [5.74, 6) is 0.657. The molecule has 0 radical (unpaired) electrons. The molecular weight excluding hydrogens is 301 g/mol. The van der Waals surface area contributed by atoms with Crippen molar-refractivity contribution in [2.24, 2.45) is 5.92 Å². The van der Waals surface area contributed by atoms with Gasteiger partial charge in [-0.25, -0.2) is 0 Å². The Labute approximate surface area is 136 Å². The lowest BCUT2D eigenvalue weighted by atomic mass is 9.95. The van der Waals surface area contributed by atoms with Crippen LogP contribution in [0.15, 0.2) is 24.3 Å². The third kappa shape index (κ3) is 4.27. The Kier molecular flexibility index (Phi) is 4.97. The van der Waals surface area contributed by atoms with Crippen LogP contribution in [0.25, 0.3) is 0 Å². The highest BCUT2D eigenvalue weighted by Crippen LogP contribution is 2.37. The number of piperidine rings is 1. The Hall–Kier alpha value is -1.07. The Balaban J connectivity index is 1.74. The number of hydrogen-bond acceptors (Lipinski definition) is 2. The van der Waals surface area contributed by atoms with E-state index >= 15 is 0 Å². The van der Waals surface area contributed by atoms with Gasteiger partial charge in [-0.05, 0) is 69.3 Å². The molecule has 1 aliphatic heterocycles. The molecule has 5 heteroatoms. The number of nitrogens with zero attached hydrogens (tertiary/aromatic N) is 1. The predicted octanol–water partition coefficient (Wildman–Crippen LogP) is 4.23. The molecule has 1 aromatic carbocycles. The maximum Gasteiger partial charge on any atom is 0.416 e. The first-order chi connectivity index (χ1) is 10.9. The first-order valence-corrected chi connectivity index (χ1v) is 8.59. The Bertz CT molecular complexity index is 519. The zero-order valence-electron chi connectivity index (χ0n) is 13.6. The van der Waals surface area contributed by atoms with E-state index in [0.29, 0.717) is 12.0 Å². The summed E-state index contributed by atoms with van der Waals surface area (Å²) in [5, 5.41) is 3.37. The van der Waals surface area contributed by atoms with Crippen molar-refractivity contribution in [3.05, 3.63) is 35.4 Å². The summed E-state index contributed by atoms with van der Waals surface area (Å²) < 4.78 is 38.9. The van der Waals surface area contributed by atoms with Gasteiger partial charge in [0.1, 0.15) is 0 Å². The fraction of sp³-hybridized carbons (Fsp3) is 0.667. The van der Waals surface area contributed by atoms with Crippen molar-refractivity contribution in [3.8, 4) is 0 Å². The van der Waals surface area contributed by atoms with Gasteiger partial charge in [0.2, 0.25) is 0 Å². The molecule has 3 rings (SSSR count). The minimum absolute atomic E-state index is 0.0414. The van der Waals surface area contributed by atoms with Crippen molar-refractivity contribution in [2.75, 3.05) is 19.6 Å². The summed E-state index contributed by atoms with van der Waals surface area (Å²) in [6.45, 7) is 5.17. The Morgan fingerprint density at radius 2 is 1.87 bits per heavy atom. The highest BCUT2D eigenvalue weighted by Gasteiger charge is 2.35. The third-order valence-corrected chi connectivity index (χ3v) is 5.14. The van der Waals surface area contributed by atoms with E-state index in [9.17, 15) is 13.2 Å². The van der Waals surface area contributed by atoms with Crippen LogP contribution in [0.5, 0.6) is 0 Å². The molecule has 1 atom stereocenters. The summed E-state index contributed by atoms with van der Waals surface area (Å²) in [5.41, 5.74) is 0.236. The monoisotopic (exact) mass is 326 g/mol. The van der Waals surface area contributed by atoms with Crippen LogP contribution in [0.2, 0.25) is 0 Å². The number of nitrogens with one attached hydrogen (secondary N) is 1. The summed E-state index contributed by atoms with van der Waals surface area (Å²) in [4.78, 5) is 2.44. The molecule has 2 nitrogen and oxygen atoms in total. The van der Waals surface area contributed by atoms with Crippen LogP contribution < -0.4 is 5.32 Å². The Morgan fingerprint density at radius 1 is 1.17 bits per heavy atom. The van der Waals surface area contributed by atoms with E-state index in [1.165, 1.54) is 37.8 Å². The number of rotatable bonds is 5. The summed E-state index contributed by atoms with van der Waals surface area (Å²) in [6.07, 6.45) is 0.411. The van der Waals surface area contributed by atoms with E-state index in [1.807, 2.05) is 6.07 Å². The molecular formula is C18H25F3N2. The first kappa shape index (κ1) is 16.8. The zero-order chi connectivity index (χ0) is 16.4. The molecule has 1 aromatic rings. The molecule has 1 saturated carbocycles. The van der Waals surface area contributed by atoms with Gasteiger partial charge in [-0.1, -0.05) is 12.1 Å². The normalized spacial score (nSPS) is 21.6.